The quantitative estimate of drug-likeness (QED) is 0.887. The molecule has 0 aromatic carbocycles. The summed E-state index contributed by atoms with van der Waals surface area (Å²) in [5.41, 5.74) is -0.993. The molecule has 3 aliphatic rings. The zero-order chi connectivity index (χ0) is 18.5. The van der Waals surface area contributed by atoms with E-state index in [9.17, 15) is 18.0 Å². The van der Waals surface area contributed by atoms with E-state index in [2.05, 4.69) is 10.3 Å². The number of hydrogen-bond donors (Lipinski definition) is 1. The number of hydrogen-bond acceptors (Lipinski definition) is 4. The summed E-state index contributed by atoms with van der Waals surface area (Å²) in [6.45, 7) is 3.76. The Labute approximate surface area is 149 Å². The van der Waals surface area contributed by atoms with Gasteiger partial charge >= 0.3 is 6.18 Å². The number of carbonyl (C=O) groups excluding carboxylic acids is 1. The molecular weight excluding hydrogens is 347 g/mol. The molecule has 1 amide bonds. The van der Waals surface area contributed by atoms with Crippen LogP contribution in [0.25, 0.3) is 0 Å². The molecule has 4 heterocycles. The van der Waals surface area contributed by atoms with E-state index in [-0.39, 0.29) is 29.4 Å². The summed E-state index contributed by atoms with van der Waals surface area (Å²) in [4.78, 5) is 17.6. The highest BCUT2D eigenvalue weighted by atomic mass is 19.4. The number of alkyl halides is 3. The van der Waals surface area contributed by atoms with Gasteiger partial charge < -0.3 is 15.0 Å². The molecule has 0 aliphatic carbocycles. The lowest BCUT2D eigenvalue weighted by Crippen LogP contribution is -2.41. The van der Waals surface area contributed by atoms with Gasteiger partial charge in [-0.15, -0.1) is 0 Å². The van der Waals surface area contributed by atoms with Crippen LogP contribution in [-0.2, 0) is 15.7 Å². The molecule has 4 rings (SSSR count). The van der Waals surface area contributed by atoms with E-state index >= 15 is 0 Å². The molecule has 3 saturated heterocycles. The van der Waals surface area contributed by atoms with Crippen molar-refractivity contribution < 1.29 is 22.7 Å². The fourth-order valence-electron chi connectivity index (χ4n) is 4.74. The van der Waals surface area contributed by atoms with Crippen LogP contribution in [0.5, 0.6) is 0 Å². The first-order valence-electron chi connectivity index (χ1n) is 9.05. The Morgan fingerprint density at radius 2 is 2.27 bits per heavy atom. The monoisotopic (exact) mass is 369 g/mol. The van der Waals surface area contributed by atoms with Crippen LogP contribution in [0.1, 0.15) is 31.7 Å². The van der Waals surface area contributed by atoms with E-state index in [4.69, 9.17) is 4.74 Å². The summed E-state index contributed by atoms with van der Waals surface area (Å²) >= 11 is 0. The van der Waals surface area contributed by atoms with Crippen molar-refractivity contribution in [3.63, 3.8) is 0 Å². The van der Waals surface area contributed by atoms with Crippen LogP contribution in [0.4, 0.5) is 19.0 Å². The molecule has 1 spiro atoms. The Bertz CT molecular complexity index is 694. The first-order valence-corrected chi connectivity index (χ1v) is 9.05. The minimum Gasteiger partial charge on any atom is -0.369 e. The van der Waals surface area contributed by atoms with E-state index in [1.807, 2.05) is 11.8 Å². The minimum absolute atomic E-state index is 0.0288. The average Bonchev–Trinajstić information content (AvgIpc) is 3.27. The van der Waals surface area contributed by atoms with Gasteiger partial charge in [0.25, 0.3) is 0 Å². The molecule has 1 N–H and O–H groups in total. The number of ether oxygens (including phenoxy) is 1. The van der Waals surface area contributed by atoms with Crippen molar-refractivity contribution in [3.05, 3.63) is 23.9 Å². The maximum Gasteiger partial charge on any atom is 0.417 e. The summed E-state index contributed by atoms with van der Waals surface area (Å²) < 4.78 is 44.5. The second-order valence-corrected chi connectivity index (χ2v) is 7.47. The Morgan fingerprint density at radius 3 is 2.92 bits per heavy atom. The summed E-state index contributed by atoms with van der Waals surface area (Å²) in [5, 5.41) is 2.97. The summed E-state index contributed by atoms with van der Waals surface area (Å²) in [6.07, 6.45) is -0.945. The number of aromatic nitrogens is 1. The second-order valence-electron chi connectivity index (χ2n) is 7.47. The van der Waals surface area contributed by atoms with Crippen LogP contribution in [0.15, 0.2) is 18.3 Å². The molecule has 2 bridgehead atoms. The van der Waals surface area contributed by atoms with Crippen molar-refractivity contribution in [2.75, 3.05) is 24.5 Å². The topological polar surface area (TPSA) is 54.5 Å². The van der Waals surface area contributed by atoms with Crippen LogP contribution >= 0.6 is 0 Å². The van der Waals surface area contributed by atoms with Crippen molar-refractivity contribution in [1.82, 2.24) is 10.3 Å². The number of fused-ring (bicyclic) bond motifs is 1. The first kappa shape index (κ1) is 17.6. The molecule has 0 saturated carbocycles. The number of rotatable bonds is 4. The number of halogens is 3. The van der Waals surface area contributed by atoms with Gasteiger partial charge in [0.05, 0.1) is 17.3 Å². The molecule has 1 aromatic heterocycles. The highest BCUT2D eigenvalue weighted by molar-refractivity contribution is 5.75. The van der Waals surface area contributed by atoms with Gasteiger partial charge in [0.15, 0.2) is 0 Å². The number of amides is 1. The van der Waals surface area contributed by atoms with Gasteiger partial charge in [0, 0.05) is 44.1 Å². The van der Waals surface area contributed by atoms with Gasteiger partial charge in [0.1, 0.15) is 5.82 Å². The fourth-order valence-corrected chi connectivity index (χ4v) is 4.74. The van der Waals surface area contributed by atoms with E-state index in [0.29, 0.717) is 31.9 Å². The lowest BCUT2D eigenvalue weighted by molar-refractivity contribution is -0.137. The first-order chi connectivity index (χ1) is 12.3. The minimum atomic E-state index is -4.38. The molecule has 8 heteroatoms. The van der Waals surface area contributed by atoms with Crippen molar-refractivity contribution in [1.29, 1.82) is 0 Å². The van der Waals surface area contributed by atoms with Crippen molar-refractivity contribution in [2.24, 2.45) is 11.8 Å². The maximum absolute atomic E-state index is 12.7. The van der Waals surface area contributed by atoms with Crippen LogP contribution in [0.2, 0.25) is 0 Å². The van der Waals surface area contributed by atoms with E-state index in [1.54, 1.807) is 0 Å². The highest BCUT2D eigenvalue weighted by Gasteiger charge is 2.63. The third-order valence-electron chi connectivity index (χ3n) is 6.04. The zero-order valence-corrected chi connectivity index (χ0v) is 14.6. The summed E-state index contributed by atoms with van der Waals surface area (Å²) in [7, 11) is 0. The normalized spacial score (nSPS) is 32.8. The van der Waals surface area contributed by atoms with Crippen molar-refractivity contribution >= 4 is 11.7 Å². The molecule has 142 valence electrons. The van der Waals surface area contributed by atoms with Crippen LogP contribution in [0, 0.1) is 11.8 Å². The maximum atomic E-state index is 12.7. The number of anilines is 1. The van der Waals surface area contributed by atoms with E-state index < -0.39 is 11.7 Å². The standard InChI is InChI=1S/C18H22F3N3O2/c1-2-16(25)23-8-12-13-9-24(10-17(13)6-5-14(12)26-17)15-4-3-11(7-22-15)18(19,20)21/h3-4,7,12-14H,2,5-6,8-10H2,1H3,(H,23,25)/t12-,13+,14+,17+/m0/s1. The van der Waals surface area contributed by atoms with Gasteiger partial charge in [-0.25, -0.2) is 4.98 Å². The zero-order valence-electron chi connectivity index (χ0n) is 14.6. The highest BCUT2D eigenvalue weighted by Crippen LogP contribution is 2.55. The van der Waals surface area contributed by atoms with Gasteiger partial charge in [-0.3, -0.25) is 4.79 Å². The second kappa shape index (κ2) is 6.11. The predicted molar refractivity (Wildman–Crippen MR) is 88.6 cm³/mol. The summed E-state index contributed by atoms with van der Waals surface area (Å²) in [6, 6.07) is 2.51. The van der Waals surface area contributed by atoms with Crippen molar-refractivity contribution in [3.8, 4) is 0 Å². The lowest BCUT2D eigenvalue weighted by Gasteiger charge is -2.29. The van der Waals surface area contributed by atoms with Gasteiger partial charge in [-0.2, -0.15) is 13.2 Å². The third kappa shape index (κ3) is 2.84. The molecule has 0 unspecified atom stereocenters. The van der Waals surface area contributed by atoms with E-state index in [1.165, 1.54) is 6.07 Å². The van der Waals surface area contributed by atoms with Crippen LogP contribution < -0.4 is 10.2 Å². The Kier molecular flexibility index (Phi) is 4.13. The summed E-state index contributed by atoms with van der Waals surface area (Å²) in [5.74, 6) is 1.09. The molecule has 1 aromatic rings. The van der Waals surface area contributed by atoms with Crippen LogP contribution in [0.3, 0.4) is 0 Å². The molecule has 3 fully saturated rings. The Morgan fingerprint density at radius 1 is 1.46 bits per heavy atom. The Hall–Kier alpha value is -1.83. The van der Waals surface area contributed by atoms with Crippen molar-refractivity contribution in [2.45, 2.75) is 44.1 Å². The molecule has 5 nitrogen and oxygen atoms in total. The molecule has 0 radical (unpaired) electrons. The van der Waals surface area contributed by atoms with Gasteiger partial charge in [-0.1, -0.05) is 6.92 Å². The fraction of sp³-hybridized carbons (Fsp3) is 0.667. The average molecular weight is 369 g/mol. The largest absolute Gasteiger partial charge is 0.417 e. The van der Waals surface area contributed by atoms with Gasteiger partial charge in [0.2, 0.25) is 5.91 Å². The van der Waals surface area contributed by atoms with Crippen LogP contribution in [-0.4, -0.2) is 42.2 Å². The Balaban J connectivity index is 1.49. The predicted octanol–water partition coefficient (Wildman–Crippen LogP) is 2.61. The smallest absolute Gasteiger partial charge is 0.369 e. The SMILES string of the molecule is CCC(=O)NC[C@H]1[C@H]2CN(c3ccc(C(F)(F)F)cn3)C[C@]23CC[C@H]1O3. The number of nitrogens with zero attached hydrogens (tertiary/aromatic N) is 2. The molecule has 4 atom stereocenters. The molecule has 3 aliphatic heterocycles. The lowest BCUT2D eigenvalue weighted by atomic mass is 9.73. The third-order valence-corrected chi connectivity index (χ3v) is 6.04. The van der Waals surface area contributed by atoms with Gasteiger partial charge in [-0.05, 0) is 25.0 Å². The van der Waals surface area contributed by atoms with E-state index in [0.717, 1.165) is 25.1 Å². The number of nitrogens with one attached hydrogen (secondary N) is 1. The number of pyridine rings is 1. The number of carbonyl (C=O) groups is 1. The molecule has 26 heavy (non-hydrogen) atoms. The molecular formula is C18H22F3N3O2.